The molecule has 5 heteroatoms. The van der Waals surface area contributed by atoms with Gasteiger partial charge in [-0.25, -0.2) is 9.37 Å². The molecule has 4 rings (SSSR count). The number of anilines is 2. The summed E-state index contributed by atoms with van der Waals surface area (Å²) in [4.78, 5) is 19.1. The number of rotatable bonds is 5. The Morgan fingerprint density at radius 3 is 2.71 bits per heavy atom. The molecule has 0 saturated carbocycles. The van der Waals surface area contributed by atoms with E-state index in [4.69, 9.17) is 0 Å². The van der Waals surface area contributed by atoms with Gasteiger partial charge in [0.1, 0.15) is 11.5 Å². The topological polar surface area (TPSA) is 45.2 Å². The third kappa shape index (κ3) is 3.60. The van der Waals surface area contributed by atoms with Gasteiger partial charge in [0.05, 0.1) is 11.9 Å². The van der Waals surface area contributed by atoms with E-state index in [1.54, 1.807) is 24.4 Å². The van der Waals surface area contributed by atoms with Crippen LogP contribution in [0.5, 0.6) is 0 Å². The molecule has 1 atom stereocenters. The summed E-state index contributed by atoms with van der Waals surface area (Å²) in [5, 5.41) is 3.23. The molecule has 0 fully saturated rings. The first kappa shape index (κ1) is 18.2. The van der Waals surface area contributed by atoms with Crippen LogP contribution in [-0.4, -0.2) is 23.5 Å². The van der Waals surface area contributed by atoms with E-state index >= 15 is 0 Å². The second kappa shape index (κ2) is 7.80. The standard InChI is InChI=1S/C23H22FN3O/c1-16-14-18-7-3-5-9-22(18)27(16)23(28)21-11-10-19(15-26-21)25-13-12-17-6-2-4-8-20(17)24/h2-11,15-16,25H,12-14H2,1H3. The number of pyridine rings is 1. The van der Waals surface area contributed by atoms with E-state index in [-0.39, 0.29) is 17.8 Å². The molecule has 0 bridgehead atoms. The highest BCUT2D eigenvalue weighted by molar-refractivity contribution is 6.06. The number of amides is 1. The molecule has 1 N–H and O–H groups in total. The summed E-state index contributed by atoms with van der Waals surface area (Å²) in [5.74, 6) is -0.279. The molecule has 0 aliphatic carbocycles. The summed E-state index contributed by atoms with van der Waals surface area (Å²) in [5.41, 5.74) is 4.06. The third-order valence-corrected chi connectivity index (χ3v) is 5.09. The number of carbonyl (C=O) groups excluding carboxylic acids is 1. The first-order valence-corrected chi connectivity index (χ1v) is 9.48. The van der Waals surface area contributed by atoms with Crippen LogP contribution < -0.4 is 10.2 Å². The van der Waals surface area contributed by atoms with Crippen molar-refractivity contribution in [2.24, 2.45) is 0 Å². The normalized spacial score (nSPS) is 15.4. The molecule has 1 unspecified atom stereocenters. The van der Waals surface area contributed by atoms with Crippen LogP contribution in [0.2, 0.25) is 0 Å². The fraction of sp³-hybridized carbons (Fsp3) is 0.217. The number of nitrogens with one attached hydrogen (secondary N) is 1. The van der Waals surface area contributed by atoms with Gasteiger partial charge in [0.2, 0.25) is 0 Å². The summed E-state index contributed by atoms with van der Waals surface area (Å²) in [6.07, 6.45) is 3.09. The second-order valence-electron chi connectivity index (χ2n) is 7.06. The van der Waals surface area contributed by atoms with Gasteiger partial charge in [-0.2, -0.15) is 0 Å². The van der Waals surface area contributed by atoms with Crippen LogP contribution in [0.4, 0.5) is 15.8 Å². The highest BCUT2D eigenvalue weighted by Crippen LogP contribution is 2.32. The van der Waals surface area contributed by atoms with Crippen molar-refractivity contribution in [2.75, 3.05) is 16.8 Å². The molecule has 2 heterocycles. The Morgan fingerprint density at radius 1 is 1.14 bits per heavy atom. The van der Waals surface area contributed by atoms with Gasteiger partial charge < -0.3 is 10.2 Å². The Bertz CT molecular complexity index is 987. The zero-order valence-corrected chi connectivity index (χ0v) is 15.7. The number of para-hydroxylation sites is 1. The largest absolute Gasteiger partial charge is 0.383 e. The van der Waals surface area contributed by atoms with E-state index in [9.17, 15) is 9.18 Å². The monoisotopic (exact) mass is 375 g/mol. The van der Waals surface area contributed by atoms with Gasteiger partial charge in [0.25, 0.3) is 5.91 Å². The summed E-state index contributed by atoms with van der Waals surface area (Å²) in [6, 6.07) is 18.5. The summed E-state index contributed by atoms with van der Waals surface area (Å²) >= 11 is 0. The maximum atomic E-state index is 13.7. The van der Waals surface area contributed by atoms with E-state index in [1.807, 2.05) is 35.2 Å². The molecule has 0 radical (unpaired) electrons. The minimum atomic E-state index is -0.191. The van der Waals surface area contributed by atoms with Crippen molar-refractivity contribution in [1.82, 2.24) is 4.98 Å². The number of hydrogen-bond acceptors (Lipinski definition) is 3. The van der Waals surface area contributed by atoms with E-state index in [0.717, 1.165) is 17.8 Å². The van der Waals surface area contributed by atoms with Gasteiger partial charge in [-0.1, -0.05) is 36.4 Å². The molecule has 142 valence electrons. The molecule has 1 aliphatic rings. The number of carbonyl (C=O) groups is 1. The van der Waals surface area contributed by atoms with Gasteiger partial charge in [-0.05, 0) is 55.2 Å². The van der Waals surface area contributed by atoms with Crippen molar-refractivity contribution in [1.29, 1.82) is 0 Å². The molecular weight excluding hydrogens is 353 g/mol. The molecule has 3 aromatic rings. The Balaban J connectivity index is 1.41. The van der Waals surface area contributed by atoms with Crippen LogP contribution in [0.15, 0.2) is 66.9 Å². The molecule has 4 nitrogen and oxygen atoms in total. The molecule has 1 aromatic heterocycles. The van der Waals surface area contributed by atoms with Gasteiger partial charge in [-0.3, -0.25) is 4.79 Å². The van der Waals surface area contributed by atoms with Crippen LogP contribution in [0.1, 0.15) is 28.5 Å². The van der Waals surface area contributed by atoms with Crippen LogP contribution in [0.3, 0.4) is 0 Å². The fourth-order valence-corrected chi connectivity index (χ4v) is 3.67. The van der Waals surface area contributed by atoms with E-state index < -0.39 is 0 Å². The lowest BCUT2D eigenvalue weighted by Gasteiger charge is -2.22. The Labute approximate surface area is 164 Å². The van der Waals surface area contributed by atoms with Crippen LogP contribution in [0.25, 0.3) is 0 Å². The number of hydrogen-bond donors (Lipinski definition) is 1. The molecule has 28 heavy (non-hydrogen) atoms. The van der Waals surface area contributed by atoms with E-state index in [1.165, 1.54) is 11.6 Å². The molecular formula is C23H22FN3O. The lowest BCUT2D eigenvalue weighted by molar-refractivity contribution is 0.0976. The lowest BCUT2D eigenvalue weighted by Crippen LogP contribution is -2.36. The maximum absolute atomic E-state index is 13.7. The first-order chi connectivity index (χ1) is 13.6. The summed E-state index contributed by atoms with van der Waals surface area (Å²) < 4.78 is 13.7. The van der Waals surface area contributed by atoms with Gasteiger partial charge in [-0.15, -0.1) is 0 Å². The average Bonchev–Trinajstić information content (AvgIpc) is 3.05. The van der Waals surface area contributed by atoms with Gasteiger partial charge in [0, 0.05) is 18.3 Å². The second-order valence-corrected chi connectivity index (χ2v) is 7.06. The zero-order chi connectivity index (χ0) is 19.5. The van der Waals surface area contributed by atoms with Crippen molar-refractivity contribution >= 4 is 17.3 Å². The van der Waals surface area contributed by atoms with E-state index in [0.29, 0.717) is 24.2 Å². The van der Waals surface area contributed by atoms with E-state index in [2.05, 4.69) is 23.3 Å². The number of nitrogens with zero attached hydrogens (tertiary/aromatic N) is 2. The fourth-order valence-electron chi connectivity index (χ4n) is 3.67. The first-order valence-electron chi connectivity index (χ1n) is 9.48. The van der Waals surface area contributed by atoms with Gasteiger partial charge in [0.15, 0.2) is 0 Å². The van der Waals surface area contributed by atoms with Crippen molar-refractivity contribution in [2.45, 2.75) is 25.8 Å². The van der Waals surface area contributed by atoms with Crippen molar-refractivity contribution in [3.8, 4) is 0 Å². The number of halogens is 1. The minimum absolute atomic E-state index is 0.0876. The quantitative estimate of drug-likeness (QED) is 0.716. The SMILES string of the molecule is CC1Cc2ccccc2N1C(=O)c1ccc(NCCc2ccccc2F)cn1. The molecule has 1 amide bonds. The zero-order valence-electron chi connectivity index (χ0n) is 15.7. The predicted molar refractivity (Wildman–Crippen MR) is 109 cm³/mol. The Hall–Kier alpha value is -3.21. The number of aromatic nitrogens is 1. The highest BCUT2D eigenvalue weighted by Gasteiger charge is 2.31. The summed E-state index contributed by atoms with van der Waals surface area (Å²) in [7, 11) is 0. The minimum Gasteiger partial charge on any atom is -0.383 e. The third-order valence-electron chi connectivity index (χ3n) is 5.09. The van der Waals surface area contributed by atoms with Gasteiger partial charge >= 0.3 is 0 Å². The maximum Gasteiger partial charge on any atom is 0.277 e. The Morgan fingerprint density at radius 2 is 1.93 bits per heavy atom. The number of fused-ring (bicyclic) bond motifs is 1. The smallest absolute Gasteiger partial charge is 0.277 e. The van der Waals surface area contributed by atoms with Crippen LogP contribution in [0, 0.1) is 5.82 Å². The highest BCUT2D eigenvalue weighted by atomic mass is 19.1. The van der Waals surface area contributed by atoms with Crippen molar-refractivity contribution in [3.05, 3.63) is 89.5 Å². The molecule has 0 spiro atoms. The van der Waals surface area contributed by atoms with Crippen LogP contribution >= 0.6 is 0 Å². The average molecular weight is 375 g/mol. The molecule has 2 aromatic carbocycles. The molecule has 1 aliphatic heterocycles. The lowest BCUT2D eigenvalue weighted by atomic mass is 10.1. The van der Waals surface area contributed by atoms with Crippen LogP contribution in [-0.2, 0) is 12.8 Å². The van der Waals surface area contributed by atoms with Crippen molar-refractivity contribution < 1.29 is 9.18 Å². The number of benzene rings is 2. The molecule has 0 saturated heterocycles. The van der Waals surface area contributed by atoms with Crippen molar-refractivity contribution in [3.63, 3.8) is 0 Å². The summed E-state index contributed by atoms with van der Waals surface area (Å²) in [6.45, 7) is 2.64. The predicted octanol–water partition coefficient (Wildman–Crippen LogP) is 4.47. The Kier molecular flexibility index (Phi) is 5.06.